The predicted octanol–water partition coefficient (Wildman–Crippen LogP) is -3.79. The monoisotopic (exact) mass is 470 g/mol. The molecule has 0 saturated carbocycles. The number of allylic oxidation sites excluding steroid dienone is 4. The molecule has 2 aromatic rings. The molecule has 0 saturated heterocycles. The first kappa shape index (κ1) is 26.7. The third-order valence-corrected chi connectivity index (χ3v) is 13.2. The van der Waals surface area contributed by atoms with Crippen LogP contribution < -0.4 is 42.4 Å². The predicted molar refractivity (Wildman–Crippen MR) is 103 cm³/mol. The molecule has 142 valence electrons. The fraction of sp³-hybridized carbons (Fsp3) is 0.273. The maximum atomic E-state index is 2.52. The zero-order valence-electron chi connectivity index (χ0n) is 16.2. The van der Waals surface area contributed by atoms with Crippen molar-refractivity contribution in [1.82, 2.24) is 0 Å². The quantitative estimate of drug-likeness (QED) is 0.402. The summed E-state index contributed by atoms with van der Waals surface area (Å²) in [5.74, 6) is 0. The molecule has 2 aromatic carbocycles. The second-order valence-electron chi connectivity index (χ2n) is 7.52. The van der Waals surface area contributed by atoms with E-state index in [0.717, 1.165) is 6.42 Å². The topological polar surface area (TPSA) is 0 Å². The molecule has 0 radical (unpaired) electrons. The molecule has 5 heteroatoms. The van der Waals surface area contributed by atoms with Crippen LogP contribution in [-0.4, -0.2) is 8.07 Å². The Balaban J connectivity index is 0.00000225. The molecule has 0 bridgehead atoms. The smallest absolute Gasteiger partial charge is 1.00 e. The summed E-state index contributed by atoms with van der Waals surface area (Å²) in [6.45, 7) is 9.48. The van der Waals surface area contributed by atoms with Gasteiger partial charge in [0.25, 0.3) is 0 Å². The van der Waals surface area contributed by atoms with Crippen molar-refractivity contribution in [2.45, 2.75) is 36.7 Å². The van der Waals surface area contributed by atoms with E-state index in [1.54, 1.807) is 10.8 Å². The van der Waals surface area contributed by atoms with Crippen LogP contribution >= 0.6 is 0 Å². The van der Waals surface area contributed by atoms with E-state index < -0.39 is 8.07 Å². The summed E-state index contributed by atoms with van der Waals surface area (Å²) >= 11 is 2.45. The second-order valence-corrected chi connectivity index (χ2v) is 14.2. The molecule has 0 heterocycles. The van der Waals surface area contributed by atoms with Gasteiger partial charge in [-0.3, -0.25) is 0 Å². The van der Waals surface area contributed by atoms with Gasteiger partial charge in [0.15, 0.2) is 0 Å². The number of hydrogen-bond acceptors (Lipinski definition) is 0. The third kappa shape index (κ3) is 5.41. The summed E-state index contributed by atoms with van der Waals surface area (Å²) in [4.78, 5) is 0. The maximum Gasteiger partial charge on any atom is -1.00 e. The molecular formula is C22H25Cl3SiTi. The SMILES string of the molecule is Cc1cc(C)cc([Si](C)(C)[C]2([Ti+3])C=CC=C2Cc2ccccc2)c1.[Cl-].[Cl-].[Cl-]. The van der Waals surface area contributed by atoms with Crippen molar-refractivity contribution in [2.75, 3.05) is 0 Å². The summed E-state index contributed by atoms with van der Waals surface area (Å²) in [6.07, 6.45) is 8.13. The van der Waals surface area contributed by atoms with Crippen molar-refractivity contribution in [2.24, 2.45) is 0 Å². The molecule has 0 aromatic heterocycles. The molecule has 1 atom stereocenters. The van der Waals surface area contributed by atoms with E-state index in [1.807, 2.05) is 0 Å². The Morgan fingerprint density at radius 1 is 0.889 bits per heavy atom. The van der Waals surface area contributed by atoms with Gasteiger partial charge in [-0.1, -0.05) is 0 Å². The summed E-state index contributed by atoms with van der Waals surface area (Å²) in [7, 11) is -1.71. The first-order valence-corrected chi connectivity index (χ1v) is 12.4. The minimum atomic E-state index is -1.71. The van der Waals surface area contributed by atoms with Crippen LogP contribution in [-0.2, 0) is 26.9 Å². The molecule has 0 amide bonds. The Morgan fingerprint density at radius 2 is 1.44 bits per heavy atom. The summed E-state index contributed by atoms with van der Waals surface area (Å²) < 4.78 is 0.170. The van der Waals surface area contributed by atoms with Crippen molar-refractivity contribution in [1.29, 1.82) is 0 Å². The van der Waals surface area contributed by atoms with E-state index in [9.17, 15) is 0 Å². The van der Waals surface area contributed by atoms with Gasteiger partial charge in [0, 0.05) is 0 Å². The molecule has 0 spiro atoms. The first-order chi connectivity index (χ1) is 11.3. The van der Waals surface area contributed by atoms with Gasteiger partial charge in [-0.15, -0.1) is 0 Å². The van der Waals surface area contributed by atoms with Crippen LogP contribution in [0.1, 0.15) is 16.7 Å². The van der Waals surface area contributed by atoms with E-state index in [1.165, 1.54) is 16.7 Å². The van der Waals surface area contributed by atoms with Crippen LogP contribution in [0.5, 0.6) is 0 Å². The normalized spacial score (nSPS) is 18.1. The zero-order chi connectivity index (χ0) is 17.4. The van der Waals surface area contributed by atoms with E-state index >= 15 is 0 Å². The van der Waals surface area contributed by atoms with Crippen LogP contribution in [0.2, 0.25) is 16.4 Å². The van der Waals surface area contributed by atoms with Gasteiger partial charge in [-0.05, 0) is 0 Å². The van der Waals surface area contributed by atoms with E-state index in [2.05, 4.69) is 114 Å². The Hall–Kier alpha value is -0.279. The molecule has 1 aliphatic rings. The maximum absolute atomic E-state index is 2.52. The number of hydrogen-bond donors (Lipinski definition) is 0. The zero-order valence-corrected chi connectivity index (χ0v) is 21.0. The molecule has 0 nitrogen and oxygen atoms in total. The molecule has 27 heavy (non-hydrogen) atoms. The Morgan fingerprint density at radius 3 is 2.00 bits per heavy atom. The first-order valence-electron chi connectivity index (χ1n) is 8.59. The van der Waals surface area contributed by atoms with Crippen molar-refractivity contribution in [3.05, 3.63) is 89.0 Å². The van der Waals surface area contributed by atoms with Gasteiger partial charge < -0.3 is 37.2 Å². The standard InChI is InChI=1S/C22H25Si.3ClH.Ti/c1-17-13-18(2)15-21(14-17)23(3,4)22-12-8-11-20(22)16-19-9-6-5-7-10-19;;;;/h5-15H,16H2,1-4H3;3*1H;/q;;;;+3/p-3. The summed E-state index contributed by atoms with van der Waals surface area (Å²) in [5, 5.41) is 1.56. The number of aryl methyl sites for hydroxylation is 2. The molecule has 0 aliphatic heterocycles. The fourth-order valence-electron chi connectivity index (χ4n) is 3.73. The van der Waals surface area contributed by atoms with Gasteiger partial charge in [0.05, 0.1) is 0 Å². The Kier molecular flexibility index (Phi) is 10.4. The van der Waals surface area contributed by atoms with E-state index in [0.29, 0.717) is 0 Å². The van der Waals surface area contributed by atoms with E-state index in [-0.39, 0.29) is 40.6 Å². The van der Waals surface area contributed by atoms with Gasteiger partial charge >= 0.3 is 159 Å². The molecule has 1 unspecified atom stereocenters. The Labute approximate surface area is 195 Å². The molecule has 3 rings (SSSR count). The summed E-state index contributed by atoms with van der Waals surface area (Å²) in [6, 6.07) is 18.0. The van der Waals surface area contributed by atoms with Crippen molar-refractivity contribution < 1.29 is 57.7 Å². The third-order valence-electron chi connectivity index (χ3n) is 5.32. The fourth-order valence-corrected chi connectivity index (χ4v) is 7.95. The van der Waals surface area contributed by atoms with Crippen LogP contribution in [0, 0.1) is 13.8 Å². The number of halogens is 3. The second kappa shape index (κ2) is 10.5. The van der Waals surface area contributed by atoms with Crippen LogP contribution in [0.25, 0.3) is 0 Å². The molecule has 1 aliphatic carbocycles. The summed E-state index contributed by atoms with van der Waals surface area (Å²) in [5.41, 5.74) is 5.72. The van der Waals surface area contributed by atoms with Crippen molar-refractivity contribution >= 4 is 13.3 Å². The molecule has 0 fully saturated rings. The molecular weight excluding hydrogens is 447 g/mol. The van der Waals surface area contributed by atoms with Crippen LogP contribution in [0.15, 0.2) is 72.3 Å². The van der Waals surface area contributed by atoms with Crippen LogP contribution in [0.3, 0.4) is 0 Å². The average molecular weight is 472 g/mol. The van der Waals surface area contributed by atoms with Crippen molar-refractivity contribution in [3.8, 4) is 0 Å². The van der Waals surface area contributed by atoms with Crippen molar-refractivity contribution in [3.63, 3.8) is 0 Å². The molecule has 0 N–H and O–H groups in total. The largest absolute Gasteiger partial charge is 1.00 e. The Bertz CT molecular complexity index is 795. The number of benzene rings is 2. The van der Waals surface area contributed by atoms with Gasteiger partial charge in [-0.25, -0.2) is 0 Å². The average Bonchev–Trinajstić information content (AvgIpc) is 2.90. The van der Waals surface area contributed by atoms with E-state index in [4.69, 9.17) is 0 Å². The number of rotatable bonds is 4. The minimum absolute atomic E-state index is 0. The van der Waals surface area contributed by atoms with Crippen LogP contribution in [0.4, 0.5) is 0 Å². The van der Waals surface area contributed by atoms with Gasteiger partial charge in [-0.2, -0.15) is 0 Å². The minimum Gasteiger partial charge on any atom is -1.00 e. The van der Waals surface area contributed by atoms with Gasteiger partial charge in [0.2, 0.25) is 0 Å². The van der Waals surface area contributed by atoms with Gasteiger partial charge in [0.1, 0.15) is 0 Å².